The monoisotopic (exact) mass is 810 g/mol. The smallest absolute Gasteiger partial charge is 0.343 e. The summed E-state index contributed by atoms with van der Waals surface area (Å²) < 4.78 is 0. The predicted octanol–water partition coefficient (Wildman–Crippen LogP) is -0.326. The molecule has 2 aromatic carbocycles. The molecular formula is C39H50N14O6. The zero-order valence-corrected chi connectivity index (χ0v) is 32.4. The highest BCUT2D eigenvalue weighted by atomic mass is 16.2. The molecule has 0 saturated carbocycles. The number of nitrogens with two attached hydrogens (primary N) is 3. The number of anilines is 1. The summed E-state index contributed by atoms with van der Waals surface area (Å²) in [5.41, 5.74) is 22.7. The van der Waals surface area contributed by atoms with Crippen LogP contribution in [0.3, 0.4) is 0 Å². The summed E-state index contributed by atoms with van der Waals surface area (Å²) >= 11 is 0. The number of carbonyl (C=O) groups excluding carboxylic acids is 6. The zero-order chi connectivity index (χ0) is 42.3. The Morgan fingerprint density at radius 2 is 1.41 bits per heavy atom. The molecule has 5 atom stereocenters. The number of aromatic nitrogens is 5. The van der Waals surface area contributed by atoms with Gasteiger partial charge in [-0.05, 0) is 49.9 Å². The fourth-order valence-electron chi connectivity index (χ4n) is 6.24. The van der Waals surface area contributed by atoms with Crippen LogP contribution in [0.5, 0.6) is 0 Å². The van der Waals surface area contributed by atoms with Crippen LogP contribution in [0.25, 0.3) is 10.9 Å². The third-order valence-electron chi connectivity index (χ3n) is 9.47. The molecule has 0 aliphatic carbocycles. The molecule has 0 unspecified atom stereocenters. The first-order valence-corrected chi connectivity index (χ1v) is 19.0. The number of aromatic amines is 3. The van der Waals surface area contributed by atoms with Gasteiger partial charge in [-0.1, -0.05) is 48.5 Å². The van der Waals surface area contributed by atoms with Gasteiger partial charge in [0.2, 0.25) is 23.6 Å². The van der Waals surface area contributed by atoms with E-state index in [2.05, 4.69) is 51.6 Å². The van der Waals surface area contributed by atoms with Crippen molar-refractivity contribution in [2.24, 2.45) is 17.2 Å². The van der Waals surface area contributed by atoms with Gasteiger partial charge in [0.05, 0.1) is 24.9 Å². The van der Waals surface area contributed by atoms with Crippen molar-refractivity contribution in [3.05, 3.63) is 103 Å². The molecule has 20 heteroatoms. The van der Waals surface area contributed by atoms with Gasteiger partial charge in [0, 0.05) is 48.3 Å². The van der Waals surface area contributed by atoms with Crippen LogP contribution < -0.4 is 48.9 Å². The van der Waals surface area contributed by atoms with Crippen LogP contribution in [-0.4, -0.2) is 97.2 Å². The number of carbonyl (C=O) groups is 6. The minimum atomic E-state index is -1.27. The molecule has 14 N–H and O–H groups in total. The topological polar surface area (TPSA) is 317 Å². The van der Waals surface area contributed by atoms with Crippen molar-refractivity contribution in [3.8, 4) is 0 Å². The molecule has 0 spiro atoms. The number of nitrogens with one attached hydrogen (secondary N) is 8. The average Bonchev–Trinajstić information content (AvgIpc) is 4.03. The molecule has 0 aliphatic rings. The van der Waals surface area contributed by atoms with Gasteiger partial charge in [0.15, 0.2) is 5.82 Å². The van der Waals surface area contributed by atoms with E-state index in [1.807, 2.05) is 24.3 Å². The van der Waals surface area contributed by atoms with Crippen LogP contribution >= 0.6 is 0 Å². The molecule has 59 heavy (non-hydrogen) atoms. The van der Waals surface area contributed by atoms with E-state index < -0.39 is 65.8 Å². The number of fused-ring (bicyclic) bond motifs is 1. The lowest BCUT2D eigenvalue weighted by molar-refractivity contribution is -0.132. The number of urea groups is 1. The number of hydrogen-bond acceptors (Lipinski definition) is 10. The number of unbranched alkanes of at least 4 members (excludes halogenated alkanes) is 1. The predicted molar refractivity (Wildman–Crippen MR) is 218 cm³/mol. The Bertz CT molecular complexity index is 2160. The lowest BCUT2D eigenvalue weighted by atomic mass is 10.0. The Morgan fingerprint density at radius 3 is 2.10 bits per heavy atom. The Labute approximate surface area is 339 Å². The third kappa shape index (κ3) is 12.2. The second-order valence-corrected chi connectivity index (χ2v) is 13.9. The minimum Gasteiger partial charge on any atom is -0.368 e. The maximum atomic E-state index is 14.0. The van der Waals surface area contributed by atoms with E-state index in [9.17, 15) is 28.8 Å². The van der Waals surface area contributed by atoms with Gasteiger partial charge in [0.25, 0.3) is 5.91 Å². The summed E-state index contributed by atoms with van der Waals surface area (Å²) in [7, 11) is 0. The SMILES string of the molecule is C[C@H](NC(=O)[C@@H](Cc1c[nH]c2ccccc12)NC(=O)[C@@H](N)Cc1cnc[nH]1)C(=O)NN(C(=O)N[C@H](Cc1ccccc1)C(=O)N[C@@H](CCCCN)C(N)=O)c1cnc[nH]1. The van der Waals surface area contributed by atoms with Crippen molar-refractivity contribution in [1.82, 2.24) is 51.6 Å². The van der Waals surface area contributed by atoms with E-state index in [-0.39, 0.29) is 31.5 Å². The van der Waals surface area contributed by atoms with Crippen LogP contribution in [-0.2, 0) is 43.2 Å². The molecule has 0 bridgehead atoms. The highest BCUT2D eigenvalue weighted by molar-refractivity contribution is 6.00. The van der Waals surface area contributed by atoms with E-state index in [4.69, 9.17) is 17.2 Å². The van der Waals surface area contributed by atoms with Gasteiger partial charge in [-0.15, -0.1) is 0 Å². The molecule has 0 aliphatic heterocycles. The van der Waals surface area contributed by atoms with Gasteiger partial charge in [-0.3, -0.25) is 29.4 Å². The van der Waals surface area contributed by atoms with Gasteiger partial charge in [-0.25, -0.2) is 14.8 Å². The quantitative estimate of drug-likeness (QED) is 0.0359. The van der Waals surface area contributed by atoms with E-state index in [1.54, 1.807) is 42.7 Å². The number of H-pyrrole nitrogens is 3. The first-order chi connectivity index (χ1) is 28.4. The lowest BCUT2D eigenvalue weighted by Crippen LogP contribution is -2.61. The summed E-state index contributed by atoms with van der Waals surface area (Å²) in [5, 5.41) is 12.3. The fraction of sp³-hybridized carbons (Fsp3) is 0.333. The Morgan fingerprint density at radius 1 is 0.729 bits per heavy atom. The summed E-state index contributed by atoms with van der Waals surface area (Å²) in [4.78, 5) is 97.5. The maximum absolute atomic E-state index is 14.0. The van der Waals surface area contributed by atoms with Crippen molar-refractivity contribution in [2.45, 2.75) is 75.7 Å². The molecule has 3 aromatic heterocycles. The molecule has 312 valence electrons. The van der Waals surface area contributed by atoms with Gasteiger partial charge < -0.3 is 53.4 Å². The number of imidazole rings is 2. The first kappa shape index (κ1) is 43.1. The number of rotatable bonds is 20. The van der Waals surface area contributed by atoms with Crippen LogP contribution in [0.1, 0.15) is 43.0 Å². The van der Waals surface area contributed by atoms with Crippen molar-refractivity contribution >= 4 is 52.3 Å². The minimum absolute atomic E-state index is 0.0129. The highest BCUT2D eigenvalue weighted by Crippen LogP contribution is 2.19. The molecule has 0 radical (unpaired) electrons. The molecular weight excluding hydrogens is 761 g/mol. The van der Waals surface area contributed by atoms with Crippen LogP contribution in [0.15, 0.2) is 85.8 Å². The Kier molecular flexibility index (Phi) is 15.3. The van der Waals surface area contributed by atoms with Crippen LogP contribution in [0.4, 0.5) is 10.6 Å². The van der Waals surface area contributed by atoms with Crippen molar-refractivity contribution in [1.29, 1.82) is 0 Å². The average molecular weight is 811 g/mol. The standard InChI is InChI=1S/C39H50N14O6/c1-23(48-37(57)32(16-25-18-45-29-12-6-5-11-27(25)29)50-36(56)28(41)17-26-19-43-21-46-26)35(55)52-53(33-20-44-22-47-33)39(59)51-31(15-24-9-3-2-4-10-24)38(58)49-30(34(42)54)13-7-8-14-40/h2-6,9-12,18-23,28,30-32,45H,7-8,13-17,40-41H2,1H3,(H2,42,54)(H,43,46)(H,44,47)(H,48,57)(H,49,58)(H,50,56)(H,51,59)(H,52,55)/t23-,28-,30-,31+,32+/m0/s1. The van der Waals surface area contributed by atoms with E-state index in [0.29, 0.717) is 30.6 Å². The van der Waals surface area contributed by atoms with Gasteiger partial charge >= 0.3 is 6.03 Å². The second kappa shape index (κ2) is 20.9. The van der Waals surface area contributed by atoms with Crippen molar-refractivity contribution < 1.29 is 28.8 Å². The molecule has 7 amide bonds. The molecule has 20 nitrogen and oxygen atoms in total. The summed E-state index contributed by atoms with van der Waals surface area (Å²) in [6.45, 7) is 1.79. The highest BCUT2D eigenvalue weighted by Gasteiger charge is 2.32. The first-order valence-electron chi connectivity index (χ1n) is 19.0. The van der Waals surface area contributed by atoms with Gasteiger partial charge in [-0.2, -0.15) is 5.01 Å². The maximum Gasteiger partial charge on any atom is 0.343 e. The fourth-order valence-corrected chi connectivity index (χ4v) is 6.24. The molecule has 5 rings (SSSR count). The number of primary amides is 1. The number of benzene rings is 2. The number of hydrogen-bond donors (Lipinski definition) is 11. The van der Waals surface area contributed by atoms with Crippen molar-refractivity contribution in [3.63, 3.8) is 0 Å². The lowest BCUT2D eigenvalue weighted by Gasteiger charge is -2.28. The third-order valence-corrected chi connectivity index (χ3v) is 9.47. The number of hydrazine groups is 1. The molecule has 5 aromatic rings. The molecule has 0 fully saturated rings. The largest absolute Gasteiger partial charge is 0.368 e. The summed E-state index contributed by atoms with van der Waals surface area (Å²) in [6, 6.07) is 9.64. The van der Waals surface area contributed by atoms with Crippen LogP contribution in [0.2, 0.25) is 0 Å². The number of amides is 7. The Hall–Kier alpha value is -7.06. The molecule has 0 saturated heterocycles. The van der Waals surface area contributed by atoms with E-state index in [0.717, 1.165) is 21.5 Å². The zero-order valence-electron chi connectivity index (χ0n) is 32.4. The summed E-state index contributed by atoms with van der Waals surface area (Å²) in [5.74, 6) is -3.57. The molecule has 3 heterocycles. The van der Waals surface area contributed by atoms with Gasteiger partial charge in [0.1, 0.15) is 24.2 Å². The summed E-state index contributed by atoms with van der Waals surface area (Å²) in [6.07, 6.45) is 8.85. The van der Waals surface area contributed by atoms with E-state index in [1.165, 1.54) is 25.8 Å². The number of nitrogens with zero attached hydrogens (tertiary/aromatic N) is 3. The van der Waals surface area contributed by atoms with Crippen molar-refractivity contribution in [2.75, 3.05) is 11.6 Å². The normalized spacial score (nSPS) is 13.6. The Balaban J connectivity index is 1.31. The number of para-hydroxylation sites is 1. The second-order valence-electron chi connectivity index (χ2n) is 13.9. The van der Waals surface area contributed by atoms with E-state index >= 15 is 0 Å². The van der Waals surface area contributed by atoms with Crippen LogP contribution in [0, 0.1) is 0 Å².